The van der Waals surface area contributed by atoms with E-state index >= 15 is 0 Å². The largest absolute Gasteiger partial charge is 0.495 e. The fraction of sp³-hybridized carbons (Fsp3) is 0.400. The van der Waals surface area contributed by atoms with Gasteiger partial charge in [-0.3, -0.25) is 0 Å². The second-order valence-corrected chi connectivity index (χ2v) is 4.96. The van der Waals surface area contributed by atoms with Crippen molar-refractivity contribution in [1.82, 2.24) is 0 Å². The molecule has 0 amide bonds. The van der Waals surface area contributed by atoms with E-state index in [1.54, 1.807) is 7.11 Å². The Labute approximate surface area is 107 Å². The Bertz CT molecular complexity index is 344. The van der Waals surface area contributed by atoms with Crippen molar-refractivity contribution in [3.63, 3.8) is 0 Å². The minimum absolute atomic E-state index is 0.229. The summed E-state index contributed by atoms with van der Waals surface area (Å²) in [6.45, 7) is 2.62. The van der Waals surface area contributed by atoms with Crippen molar-refractivity contribution in [1.29, 1.82) is 0 Å². The highest BCUT2D eigenvalue weighted by atomic mass is 79.9. The molecular weight excluding hydrogens is 324 g/mol. The fourth-order valence-corrected chi connectivity index (χ4v) is 2.39. The smallest absolute Gasteiger partial charge is 0.135 e. The molecule has 1 aromatic rings. The third-order valence-electron chi connectivity index (χ3n) is 2.00. The Balaban J connectivity index is 2.97. The standard InChI is InChI=1S/C10H14Br2N2O/c1-6(5-13)14-9-4-10(15-2)8(12)3-7(9)11/h3-4,6,14H,5,13H2,1-2H3. The Kier molecular flexibility index (Phi) is 4.89. The van der Waals surface area contributed by atoms with Crippen molar-refractivity contribution >= 4 is 37.5 Å². The van der Waals surface area contributed by atoms with Crippen molar-refractivity contribution < 1.29 is 4.74 Å². The van der Waals surface area contributed by atoms with Gasteiger partial charge in [-0.25, -0.2) is 0 Å². The molecule has 84 valence electrons. The lowest BCUT2D eigenvalue weighted by atomic mass is 10.2. The maximum atomic E-state index is 5.55. The second kappa shape index (κ2) is 5.72. The molecule has 0 fully saturated rings. The van der Waals surface area contributed by atoms with E-state index in [1.807, 2.05) is 19.1 Å². The Morgan fingerprint density at radius 2 is 2.07 bits per heavy atom. The summed E-state index contributed by atoms with van der Waals surface area (Å²) < 4.78 is 7.12. The van der Waals surface area contributed by atoms with Crippen LogP contribution in [0.3, 0.4) is 0 Å². The molecule has 3 nitrogen and oxygen atoms in total. The van der Waals surface area contributed by atoms with Gasteiger partial charge in [0.15, 0.2) is 0 Å². The normalized spacial score (nSPS) is 12.3. The van der Waals surface area contributed by atoms with Crippen molar-refractivity contribution in [2.24, 2.45) is 5.73 Å². The van der Waals surface area contributed by atoms with Crippen LogP contribution in [0.5, 0.6) is 5.75 Å². The maximum absolute atomic E-state index is 5.55. The lowest BCUT2D eigenvalue weighted by molar-refractivity contribution is 0.412. The van der Waals surface area contributed by atoms with Crippen LogP contribution in [0.25, 0.3) is 0 Å². The van der Waals surface area contributed by atoms with Crippen LogP contribution in [0.2, 0.25) is 0 Å². The average Bonchev–Trinajstić information content (AvgIpc) is 2.21. The molecule has 0 aliphatic heterocycles. The van der Waals surface area contributed by atoms with E-state index in [2.05, 4.69) is 37.2 Å². The molecule has 0 radical (unpaired) electrons. The maximum Gasteiger partial charge on any atom is 0.135 e. The first-order valence-corrected chi connectivity index (χ1v) is 6.16. The van der Waals surface area contributed by atoms with Gasteiger partial charge in [0.1, 0.15) is 5.75 Å². The number of halogens is 2. The summed E-state index contributed by atoms with van der Waals surface area (Å²) in [6.07, 6.45) is 0. The molecule has 3 N–H and O–H groups in total. The van der Waals surface area contributed by atoms with Crippen LogP contribution in [-0.4, -0.2) is 19.7 Å². The molecule has 0 aromatic heterocycles. The van der Waals surface area contributed by atoms with Gasteiger partial charge in [0, 0.05) is 23.1 Å². The lowest BCUT2D eigenvalue weighted by Gasteiger charge is -2.16. The molecule has 0 aliphatic rings. The molecular formula is C10H14Br2N2O. The number of methoxy groups -OCH3 is 1. The first-order chi connectivity index (χ1) is 7.08. The molecule has 1 unspecified atom stereocenters. The highest BCUT2D eigenvalue weighted by Gasteiger charge is 2.08. The molecule has 15 heavy (non-hydrogen) atoms. The van der Waals surface area contributed by atoms with Crippen LogP contribution in [0.4, 0.5) is 5.69 Å². The second-order valence-electron chi connectivity index (χ2n) is 3.25. The summed E-state index contributed by atoms with van der Waals surface area (Å²) in [6, 6.07) is 4.11. The third kappa shape index (κ3) is 3.36. The summed E-state index contributed by atoms with van der Waals surface area (Å²) in [7, 11) is 1.64. The average molecular weight is 338 g/mol. The van der Waals surface area contributed by atoms with Gasteiger partial charge in [0.25, 0.3) is 0 Å². The van der Waals surface area contributed by atoms with Gasteiger partial charge in [0.05, 0.1) is 17.3 Å². The van der Waals surface area contributed by atoms with Crippen molar-refractivity contribution in [3.8, 4) is 5.75 Å². The van der Waals surface area contributed by atoms with Gasteiger partial charge in [-0.15, -0.1) is 0 Å². The van der Waals surface area contributed by atoms with E-state index in [-0.39, 0.29) is 6.04 Å². The molecule has 0 heterocycles. The highest BCUT2D eigenvalue weighted by Crippen LogP contribution is 2.34. The molecule has 0 spiro atoms. The predicted molar refractivity (Wildman–Crippen MR) is 70.5 cm³/mol. The highest BCUT2D eigenvalue weighted by molar-refractivity contribution is 9.11. The van der Waals surface area contributed by atoms with Crippen molar-refractivity contribution in [2.45, 2.75) is 13.0 Å². The number of hydrogen-bond acceptors (Lipinski definition) is 3. The molecule has 1 aromatic carbocycles. The number of ether oxygens (including phenoxy) is 1. The SMILES string of the molecule is COc1cc(NC(C)CN)c(Br)cc1Br. The first kappa shape index (κ1) is 12.8. The van der Waals surface area contributed by atoms with Crippen LogP contribution in [0, 0.1) is 0 Å². The zero-order valence-corrected chi connectivity index (χ0v) is 11.9. The van der Waals surface area contributed by atoms with E-state index in [1.165, 1.54) is 0 Å². The number of benzene rings is 1. The van der Waals surface area contributed by atoms with Crippen molar-refractivity contribution in [3.05, 3.63) is 21.1 Å². The molecule has 0 aliphatic carbocycles. The summed E-state index contributed by atoms with van der Waals surface area (Å²) in [4.78, 5) is 0. The first-order valence-electron chi connectivity index (χ1n) is 4.58. The zero-order chi connectivity index (χ0) is 11.4. The van der Waals surface area contributed by atoms with Gasteiger partial charge in [-0.1, -0.05) is 0 Å². The number of hydrogen-bond donors (Lipinski definition) is 2. The molecule has 0 bridgehead atoms. The van der Waals surface area contributed by atoms with E-state index in [9.17, 15) is 0 Å². The van der Waals surface area contributed by atoms with Crippen LogP contribution in [0.15, 0.2) is 21.1 Å². The van der Waals surface area contributed by atoms with Gasteiger partial charge in [-0.2, -0.15) is 0 Å². The Hall–Kier alpha value is -0.260. The molecule has 1 atom stereocenters. The summed E-state index contributed by atoms with van der Waals surface area (Å²) in [5, 5.41) is 3.29. The lowest BCUT2D eigenvalue weighted by Crippen LogP contribution is -2.25. The van der Waals surface area contributed by atoms with E-state index < -0.39 is 0 Å². The third-order valence-corrected chi connectivity index (χ3v) is 3.27. The van der Waals surface area contributed by atoms with Crippen LogP contribution in [0.1, 0.15) is 6.92 Å². The number of anilines is 1. The number of rotatable bonds is 4. The van der Waals surface area contributed by atoms with E-state index in [4.69, 9.17) is 10.5 Å². The fourth-order valence-electron chi connectivity index (χ4n) is 1.12. The van der Waals surface area contributed by atoms with Gasteiger partial charge in [0.2, 0.25) is 0 Å². The van der Waals surface area contributed by atoms with Gasteiger partial charge >= 0.3 is 0 Å². The van der Waals surface area contributed by atoms with Crippen LogP contribution in [-0.2, 0) is 0 Å². The Morgan fingerprint density at radius 1 is 1.40 bits per heavy atom. The predicted octanol–water partition coefficient (Wildman–Crippen LogP) is 2.98. The minimum Gasteiger partial charge on any atom is -0.495 e. The monoisotopic (exact) mass is 336 g/mol. The van der Waals surface area contributed by atoms with Crippen LogP contribution >= 0.6 is 31.9 Å². The molecule has 0 saturated heterocycles. The van der Waals surface area contributed by atoms with E-state index in [0.29, 0.717) is 6.54 Å². The Morgan fingerprint density at radius 3 is 2.60 bits per heavy atom. The topological polar surface area (TPSA) is 47.3 Å². The number of nitrogens with two attached hydrogens (primary N) is 1. The van der Waals surface area contributed by atoms with Crippen molar-refractivity contribution in [2.75, 3.05) is 19.0 Å². The molecule has 5 heteroatoms. The van der Waals surface area contributed by atoms with E-state index in [0.717, 1.165) is 20.4 Å². The zero-order valence-electron chi connectivity index (χ0n) is 8.68. The van der Waals surface area contributed by atoms with Gasteiger partial charge in [-0.05, 0) is 44.8 Å². The summed E-state index contributed by atoms with van der Waals surface area (Å²) >= 11 is 6.90. The minimum atomic E-state index is 0.229. The molecule has 1 rings (SSSR count). The van der Waals surface area contributed by atoms with Crippen LogP contribution < -0.4 is 15.8 Å². The van der Waals surface area contributed by atoms with Gasteiger partial charge < -0.3 is 15.8 Å². The summed E-state index contributed by atoms with van der Waals surface area (Å²) in [5.41, 5.74) is 6.53. The number of nitrogens with one attached hydrogen (secondary N) is 1. The summed E-state index contributed by atoms with van der Waals surface area (Å²) in [5.74, 6) is 0.796. The quantitative estimate of drug-likeness (QED) is 0.887. The molecule has 0 saturated carbocycles.